The number of carbonyl (C=O) groups excluding carboxylic acids is 1. The van der Waals surface area contributed by atoms with E-state index < -0.39 is 0 Å². The van der Waals surface area contributed by atoms with Crippen molar-refractivity contribution in [3.8, 4) is 0 Å². The van der Waals surface area contributed by atoms with E-state index >= 15 is 0 Å². The topological polar surface area (TPSA) is 58.4 Å². The summed E-state index contributed by atoms with van der Waals surface area (Å²) in [4.78, 5) is 13.9. The van der Waals surface area contributed by atoms with Gasteiger partial charge in [0, 0.05) is 5.02 Å². The van der Waals surface area contributed by atoms with E-state index in [4.69, 9.17) is 17.3 Å². The number of carbonyl (C=O) groups is 1. The number of likely N-dealkylation sites (N-methyl/N-ethyl adjacent to an activating group) is 1. The first-order chi connectivity index (χ1) is 8.88. The molecular weight excluding hydrogens is 262 g/mol. The molecule has 0 saturated heterocycles. The second-order valence-electron chi connectivity index (χ2n) is 5.20. The summed E-state index contributed by atoms with van der Waals surface area (Å²) < 4.78 is 0. The van der Waals surface area contributed by atoms with Crippen LogP contribution in [0.2, 0.25) is 5.02 Å². The summed E-state index contributed by atoms with van der Waals surface area (Å²) in [5.41, 5.74) is 6.86. The Morgan fingerprint density at radius 2 is 2.16 bits per heavy atom. The van der Waals surface area contributed by atoms with Gasteiger partial charge in [-0.05, 0) is 44.1 Å². The number of hydrogen-bond donors (Lipinski definition) is 2. The molecule has 0 aliphatic carbocycles. The molecule has 0 aliphatic heterocycles. The minimum Gasteiger partial charge on any atom is -0.397 e. The molecule has 1 aromatic carbocycles. The lowest BCUT2D eigenvalue weighted by atomic mass is 10.1. The molecule has 4 nitrogen and oxygen atoms in total. The van der Waals surface area contributed by atoms with Gasteiger partial charge in [-0.3, -0.25) is 9.69 Å². The van der Waals surface area contributed by atoms with Gasteiger partial charge < -0.3 is 11.1 Å². The van der Waals surface area contributed by atoms with Gasteiger partial charge in [-0.25, -0.2) is 0 Å². The first-order valence-electron chi connectivity index (χ1n) is 6.42. The third-order valence-corrected chi connectivity index (χ3v) is 3.03. The second-order valence-corrected chi connectivity index (χ2v) is 5.64. The summed E-state index contributed by atoms with van der Waals surface area (Å²) in [5.74, 6) is 0.550. The lowest BCUT2D eigenvalue weighted by molar-refractivity contribution is -0.117. The number of anilines is 2. The molecule has 1 rings (SSSR count). The molecule has 0 fully saturated rings. The lowest BCUT2D eigenvalue weighted by Crippen LogP contribution is -2.31. The van der Waals surface area contributed by atoms with Gasteiger partial charge in [0.2, 0.25) is 5.91 Å². The first kappa shape index (κ1) is 15.8. The largest absolute Gasteiger partial charge is 0.397 e. The van der Waals surface area contributed by atoms with E-state index in [1.807, 2.05) is 11.9 Å². The van der Waals surface area contributed by atoms with Crippen molar-refractivity contribution in [3.63, 3.8) is 0 Å². The molecule has 0 spiro atoms. The van der Waals surface area contributed by atoms with Gasteiger partial charge in [-0.15, -0.1) is 0 Å². The summed E-state index contributed by atoms with van der Waals surface area (Å²) >= 11 is 5.87. The van der Waals surface area contributed by atoms with Crippen LogP contribution in [0, 0.1) is 5.92 Å². The van der Waals surface area contributed by atoms with Crippen LogP contribution in [0.3, 0.4) is 0 Å². The summed E-state index contributed by atoms with van der Waals surface area (Å²) in [6.45, 7) is 5.58. The first-order valence-corrected chi connectivity index (χ1v) is 6.79. The van der Waals surface area contributed by atoms with E-state index in [0.29, 0.717) is 28.9 Å². The maximum absolute atomic E-state index is 11.9. The maximum atomic E-state index is 11.9. The number of nitrogen functional groups attached to an aromatic ring is 1. The van der Waals surface area contributed by atoms with Crippen molar-refractivity contribution in [1.82, 2.24) is 4.90 Å². The summed E-state index contributed by atoms with van der Waals surface area (Å²) in [6, 6.07) is 5.03. The molecule has 0 saturated carbocycles. The monoisotopic (exact) mass is 283 g/mol. The van der Waals surface area contributed by atoms with Crippen LogP contribution in [0.5, 0.6) is 0 Å². The highest BCUT2D eigenvalue weighted by Gasteiger charge is 2.09. The van der Waals surface area contributed by atoms with E-state index in [2.05, 4.69) is 19.2 Å². The van der Waals surface area contributed by atoms with Gasteiger partial charge >= 0.3 is 0 Å². The summed E-state index contributed by atoms with van der Waals surface area (Å²) in [7, 11) is 1.93. The molecular formula is C14H22ClN3O. The third kappa shape index (κ3) is 5.94. The van der Waals surface area contributed by atoms with Crippen molar-refractivity contribution < 1.29 is 4.79 Å². The van der Waals surface area contributed by atoms with Gasteiger partial charge in [0.25, 0.3) is 0 Å². The van der Waals surface area contributed by atoms with Crippen LogP contribution in [0.25, 0.3) is 0 Å². The molecule has 1 amide bonds. The molecule has 5 heteroatoms. The SMILES string of the molecule is CC(C)CCN(C)CC(=O)Nc1cc(Cl)ccc1N. The normalized spacial score (nSPS) is 11.1. The number of nitrogens with two attached hydrogens (primary N) is 1. The van der Waals surface area contributed by atoms with Gasteiger partial charge in [0.15, 0.2) is 0 Å². The predicted molar refractivity (Wildman–Crippen MR) is 81.4 cm³/mol. The zero-order valence-corrected chi connectivity index (χ0v) is 12.5. The zero-order valence-electron chi connectivity index (χ0n) is 11.7. The highest BCUT2D eigenvalue weighted by molar-refractivity contribution is 6.31. The number of hydrogen-bond acceptors (Lipinski definition) is 3. The Bertz CT molecular complexity index is 435. The Morgan fingerprint density at radius 3 is 2.79 bits per heavy atom. The Labute approximate surface area is 119 Å². The lowest BCUT2D eigenvalue weighted by Gasteiger charge is -2.17. The van der Waals surface area contributed by atoms with Crippen LogP contribution in [-0.4, -0.2) is 30.9 Å². The second kappa shape index (κ2) is 7.36. The Balaban J connectivity index is 2.48. The number of benzene rings is 1. The van der Waals surface area contributed by atoms with E-state index in [9.17, 15) is 4.79 Å². The number of nitrogens with one attached hydrogen (secondary N) is 1. The van der Waals surface area contributed by atoms with E-state index in [1.165, 1.54) is 0 Å². The smallest absolute Gasteiger partial charge is 0.238 e. The highest BCUT2D eigenvalue weighted by Crippen LogP contribution is 2.22. The van der Waals surface area contributed by atoms with Crippen LogP contribution in [0.1, 0.15) is 20.3 Å². The number of halogens is 1. The zero-order chi connectivity index (χ0) is 14.4. The predicted octanol–water partition coefficient (Wildman–Crippen LogP) is 2.84. The molecule has 0 aromatic heterocycles. The number of amides is 1. The van der Waals surface area contributed by atoms with Crippen LogP contribution in [-0.2, 0) is 4.79 Å². The highest BCUT2D eigenvalue weighted by atomic mass is 35.5. The fourth-order valence-electron chi connectivity index (χ4n) is 1.63. The fraction of sp³-hybridized carbons (Fsp3) is 0.500. The van der Waals surface area contributed by atoms with Gasteiger partial charge in [0.05, 0.1) is 17.9 Å². The molecule has 1 aromatic rings. The maximum Gasteiger partial charge on any atom is 0.238 e. The van der Waals surface area contributed by atoms with Crippen LogP contribution in [0.15, 0.2) is 18.2 Å². The van der Waals surface area contributed by atoms with Crippen LogP contribution in [0.4, 0.5) is 11.4 Å². The van der Waals surface area contributed by atoms with Gasteiger partial charge in [-0.2, -0.15) is 0 Å². The van der Waals surface area contributed by atoms with Gasteiger partial charge in [-0.1, -0.05) is 25.4 Å². The van der Waals surface area contributed by atoms with Crippen molar-refractivity contribution in [2.75, 3.05) is 31.2 Å². The summed E-state index contributed by atoms with van der Waals surface area (Å²) in [5, 5.41) is 3.33. The van der Waals surface area contributed by atoms with Crippen molar-refractivity contribution in [1.29, 1.82) is 0 Å². The molecule has 0 unspecified atom stereocenters. The quantitative estimate of drug-likeness (QED) is 0.789. The number of rotatable bonds is 6. The molecule has 106 valence electrons. The van der Waals surface area contributed by atoms with E-state index in [1.54, 1.807) is 18.2 Å². The Kier molecular flexibility index (Phi) is 6.12. The van der Waals surface area contributed by atoms with Gasteiger partial charge in [0.1, 0.15) is 0 Å². The third-order valence-electron chi connectivity index (χ3n) is 2.79. The van der Waals surface area contributed by atoms with Crippen molar-refractivity contribution in [2.24, 2.45) is 5.92 Å². The number of nitrogens with zero attached hydrogens (tertiary/aromatic N) is 1. The van der Waals surface area contributed by atoms with Crippen molar-refractivity contribution in [2.45, 2.75) is 20.3 Å². The van der Waals surface area contributed by atoms with Crippen LogP contribution < -0.4 is 11.1 Å². The molecule has 0 bridgehead atoms. The summed E-state index contributed by atoms with van der Waals surface area (Å²) in [6.07, 6.45) is 1.07. The minimum absolute atomic E-state index is 0.0831. The Hall–Kier alpha value is -1.26. The van der Waals surface area contributed by atoms with Crippen molar-refractivity contribution >= 4 is 28.9 Å². The molecule has 19 heavy (non-hydrogen) atoms. The molecule has 0 radical (unpaired) electrons. The molecule has 0 atom stereocenters. The average Bonchev–Trinajstić information content (AvgIpc) is 2.31. The van der Waals surface area contributed by atoms with E-state index in [-0.39, 0.29) is 5.91 Å². The fourth-order valence-corrected chi connectivity index (χ4v) is 1.80. The van der Waals surface area contributed by atoms with Crippen molar-refractivity contribution in [3.05, 3.63) is 23.2 Å². The average molecular weight is 284 g/mol. The van der Waals surface area contributed by atoms with E-state index in [0.717, 1.165) is 13.0 Å². The standard InChI is InChI=1S/C14H22ClN3O/c1-10(2)6-7-18(3)9-14(19)17-13-8-11(15)4-5-12(13)16/h4-5,8,10H,6-7,9,16H2,1-3H3,(H,17,19). The minimum atomic E-state index is -0.0831. The van der Waals surface area contributed by atoms with Crippen LogP contribution >= 0.6 is 11.6 Å². The molecule has 0 aliphatic rings. The molecule has 0 heterocycles. The molecule has 3 N–H and O–H groups in total. The Morgan fingerprint density at radius 1 is 1.47 bits per heavy atom.